The predicted molar refractivity (Wildman–Crippen MR) is 82.1 cm³/mol. The Labute approximate surface area is 119 Å². The molecule has 19 heavy (non-hydrogen) atoms. The van der Waals surface area contributed by atoms with Gasteiger partial charge < -0.3 is 4.90 Å². The summed E-state index contributed by atoms with van der Waals surface area (Å²) in [5, 5.41) is 0. The van der Waals surface area contributed by atoms with E-state index in [9.17, 15) is 4.79 Å². The van der Waals surface area contributed by atoms with Gasteiger partial charge in [-0.15, -0.1) is 0 Å². The average Bonchev–Trinajstić information content (AvgIpc) is 2.46. The van der Waals surface area contributed by atoms with Crippen molar-refractivity contribution in [2.75, 3.05) is 13.1 Å². The number of hydrogen-bond donors (Lipinski definition) is 0. The van der Waals surface area contributed by atoms with E-state index in [-0.39, 0.29) is 5.92 Å². The van der Waals surface area contributed by atoms with Crippen molar-refractivity contribution in [3.05, 3.63) is 0 Å². The first-order valence-electron chi connectivity index (χ1n) is 8.51. The molecule has 2 unspecified atom stereocenters. The van der Waals surface area contributed by atoms with Gasteiger partial charge in [-0.05, 0) is 38.0 Å². The van der Waals surface area contributed by atoms with E-state index in [0.717, 1.165) is 31.8 Å². The standard InChI is InChI=1S/C17H33NO/c1-4-7-10-15-11-9-13-18(14-15)17(19)16(6-3)12-8-5-2/h15-16H,4-14H2,1-3H3. The summed E-state index contributed by atoms with van der Waals surface area (Å²) < 4.78 is 0. The number of amides is 1. The molecule has 0 aromatic rings. The van der Waals surface area contributed by atoms with Crippen LogP contribution in [0.2, 0.25) is 0 Å². The first-order chi connectivity index (χ1) is 9.22. The van der Waals surface area contributed by atoms with Gasteiger partial charge in [0.15, 0.2) is 0 Å². The zero-order valence-electron chi connectivity index (χ0n) is 13.3. The normalized spacial score (nSPS) is 21.4. The monoisotopic (exact) mass is 267 g/mol. The molecule has 1 amide bonds. The van der Waals surface area contributed by atoms with Crippen LogP contribution in [0.25, 0.3) is 0 Å². The number of nitrogens with zero attached hydrogens (tertiary/aromatic N) is 1. The Morgan fingerprint density at radius 3 is 2.58 bits per heavy atom. The average molecular weight is 267 g/mol. The molecule has 1 aliphatic heterocycles. The van der Waals surface area contributed by atoms with Gasteiger partial charge in [0.1, 0.15) is 0 Å². The van der Waals surface area contributed by atoms with Gasteiger partial charge in [0, 0.05) is 19.0 Å². The molecule has 1 rings (SSSR count). The second-order valence-electron chi connectivity index (χ2n) is 6.18. The predicted octanol–water partition coefficient (Wildman–Crippen LogP) is 4.63. The maximum atomic E-state index is 12.6. The van der Waals surface area contributed by atoms with Crippen molar-refractivity contribution in [3.63, 3.8) is 0 Å². The molecule has 0 aromatic carbocycles. The lowest BCUT2D eigenvalue weighted by Gasteiger charge is -2.35. The minimum Gasteiger partial charge on any atom is -0.342 e. The van der Waals surface area contributed by atoms with Crippen molar-refractivity contribution in [2.45, 2.75) is 78.6 Å². The summed E-state index contributed by atoms with van der Waals surface area (Å²) in [7, 11) is 0. The summed E-state index contributed by atoms with van der Waals surface area (Å²) in [5.74, 6) is 1.49. The second-order valence-corrected chi connectivity index (χ2v) is 6.18. The quantitative estimate of drug-likeness (QED) is 0.628. The van der Waals surface area contributed by atoms with Crippen molar-refractivity contribution >= 4 is 5.91 Å². The first kappa shape index (κ1) is 16.5. The van der Waals surface area contributed by atoms with Gasteiger partial charge in [0.05, 0.1) is 0 Å². The number of piperidine rings is 1. The molecule has 1 aliphatic rings. The van der Waals surface area contributed by atoms with E-state index in [4.69, 9.17) is 0 Å². The van der Waals surface area contributed by atoms with Crippen LogP contribution in [-0.4, -0.2) is 23.9 Å². The van der Waals surface area contributed by atoms with E-state index in [1.807, 2.05) is 0 Å². The summed E-state index contributed by atoms with van der Waals surface area (Å²) in [4.78, 5) is 14.8. The molecule has 0 aromatic heterocycles. The lowest BCUT2D eigenvalue weighted by atomic mass is 9.91. The smallest absolute Gasteiger partial charge is 0.225 e. The van der Waals surface area contributed by atoms with Gasteiger partial charge in [-0.2, -0.15) is 0 Å². The van der Waals surface area contributed by atoms with E-state index in [0.29, 0.717) is 5.91 Å². The van der Waals surface area contributed by atoms with Crippen molar-refractivity contribution in [2.24, 2.45) is 11.8 Å². The van der Waals surface area contributed by atoms with E-state index in [1.54, 1.807) is 0 Å². The Kier molecular flexibility index (Phi) is 8.16. The van der Waals surface area contributed by atoms with Gasteiger partial charge in [0.25, 0.3) is 0 Å². The minimum atomic E-state index is 0.282. The summed E-state index contributed by atoms with van der Waals surface area (Å²) in [5.41, 5.74) is 0. The van der Waals surface area contributed by atoms with Gasteiger partial charge in [-0.3, -0.25) is 4.79 Å². The highest BCUT2D eigenvalue weighted by molar-refractivity contribution is 5.78. The fourth-order valence-electron chi connectivity index (χ4n) is 3.20. The van der Waals surface area contributed by atoms with Crippen LogP contribution in [0.5, 0.6) is 0 Å². The maximum absolute atomic E-state index is 12.6. The number of rotatable bonds is 8. The summed E-state index contributed by atoms with van der Waals surface area (Å²) in [6.07, 6.45) is 10.9. The second kappa shape index (κ2) is 9.39. The molecule has 0 aliphatic carbocycles. The Morgan fingerprint density at radius 2 is 1.95 bits per heavy atom. The summed E-state index contributed by atoms with van der Waals surface area (Å²) in [6, 6.07) is 0. The van der Waals surface area contributed by atoms with E-state index in [2.05, 4.69) is 25.7 Å². The van der Waals surface area contributed by atoms with Crippen LogP contribution in [-0.2, 0) is 4.79 Å². The zero-order chi connectivity index (χ0) is 14.1. The fourth-order valence-corrected chi connectivity index (χ4v) is 3.20. The van der Waals surface area contributed by atoms with Crippen molar-refractivity contribution in [1.29, 1.82) is 0 Å². The molecule has 1 heterocycles. The summed E-state index contributed by atoms with van der Waals surface area (Å²) in [6.45, 7) is 8.66. The lowest BCUT2D eigenvalue weighted by Crippen LogP contribution is -2.43. The van der Waals surface area contributed by atoms with Crippen molar-refractivity contribution < 1.29 is 4.79 Å². The van der Waals surface area contributed by atoms with Crippen LogP contribution < -0.4 is 0 Å². The third-order valence-corrected chi connectivity index (χ3v) is 4.54. The number of likely N-dealkylation sites (tertiary alicyclic amines) is 1. The molecule has 0 N–H and O–H groups in total. The largest absolute Gasteiger partial charge is 0.342 e. The minimum absolute atomic E-state index is 0.282. The van der Waals surface area contributed by atoms with Gasteiger partial charge >= 0.3 is 0 Å². The van der Waals surface area contributed by atoms with Crippen LogP contribution in [0.4, 0.5) is 0 Å². The molecule has 112 valence electrons. The zero-order valence-corrected chi connectivity index (χ0v) is 13.3. The molecule has 2 atom stereocenters. The van der Waals surface area contributed by atoms with Crippen LogP contribution in [0.3, 0.4) is 0 Å². The lowest BCUT2D eigenvalue weighted by molar-refractivity contribution is -0.137. The molecule has 1 saturated heterocycles. The third-order valence-electron chi connectivity index (χ3n) is 4.54. The van der Waals surface area contributed by atoms with Gasteiger partial charge in [-0.1, -0.05) is 46.5 Å². The molecular formula is C17H33NO. The van der Waals surface area contributed by atoms with Crippen LogP contribution in [0, 0.1) is 11.8 Å². The Balaban J connectivity index is 2.45. The molecule has 0 saturated carbocycles. The first-order valence-corrected chi connectivity index (χ1v) is 8.51. The van der Waals surface area contributed by atoms with E-state index >= 15 is 0 Å². The SMILES string of the molecule is CCCCC1CCCN(C(=O)C(CC)CCCC)C1. The van der Waals surface area contributed by atoms with Crippen LogP contribution >= 0.6 is 0 Å². The number of hydrogen-bond acceptors (Lipinski definition) is 1. The fraction of sp³-hybridized carbons (Fsp3) is 0.941. The molecule has 0 spiro atoms. The highest BCUT2D eigenvalue weighted by Gasteiger charge is 2.27. The van der Waals surface area contributed by atoms with Crippen molar-refractivity contribution in [3.8, 4) is 0 Å². The van der Waals surface area contributed by atoms with Gasteiger partial charge in [-0.25, -0.2) is 0 Å². The van der Waals surface area contributed by atoms with Gasteiger partial charge in [0.2, 0.25) is 5.91 Å². The number of unbranched alkanes of at least 4 members (excludes halogenated alkanes) is 2. The number of carbonyl (C=O) groups excluding carboxylic acids is 1. The highest BCUT2D eigenvalue weighted by atomic mass is 16.2. The third kappa shape index (κ3) is 5.54. The summed E-state index contributed by atoms with van der Waals surface area (Å²) >= 11 is 0. The van der Waals surface area contributed by atoms with E-state index in [1.165, 1.54) is 44.9 Å². The highest BCUT2D eigenvalue weighted by Crippen LogP contribution is 2.24. The topological polar surface area (TPSA) is 20.3 Å². The van der Waals surface area contributed by atoms with Crippen LogP contribution in [0.1, 0.15) is 78.6 Å². The van der Waals surface area contributed by atoms with E-state index < -0.39 is 0 Å². The molecule has 2 heteroatoms. The number of carbonyl (C=O) groups is 1. The molecular weight excluding hydrogens is 234 g/mol. The molecule has 2 nitrogen and oxygen atoms in total. The molecule has 1 fully saturated rings. The molecule has 0 radical (unpaired) electrons. The Bertz CT molecular complexity index is 252. The van der Waals surface area contributed by atoms with Crippen LogP contribution in [0.15, 0.2) is 0 Å². The Hall–Kier alpha value is -0.530. The Morgan fingerprint density at radius 1 is 1.21 bits per heavy atom. The molecule has 0 bridgehead atoms. The van der Waals surface area contributed by atoms with Crippen molar-refractivity contribution in [1.82, 2.24) is 4.90 Å². The maximum Gasteiger partial charge on any atom is 0.225 e.